The Morgan fingerprint density at radius 3 is 2.68 bits per heavy atom. The first-order chi connectivity index (χ1) is 11.6. The molecule has 25 heavy (non-hydrogen) atoms. The minimum Gasteiger partial charge on any atom is -0.469 e. The highest BCUT2D eigenvalue weighted by Gasteiger charge is 2.40. The number of halogens is 1. The molecule has 0 bridgehead atoms. The van der Waals surface area contributed by atoms with Gasteiger partial charge >= 0.3 is 5.97 Å². The quantitative estimate of drug-likeness (QED) is 0.327. The molecule has 1 aliphatic heterocycles. The van der Waals surface area contributed by atoms with Gasteiger partial charge in [0.2, 0.25) is 0 Å². The van der Waals surface area contributed by atoms with Gasteiger partial charge in [-0.25, -0.2) is 0 Å². The van der Waals surface area contributed by atoms with Crippen LogP contribution in [0.3, 0.4) is 0 Å². The van der Waals surface area contributed by atoms with E-state index in [1.807, 2.05) is 0 Å². The van der Waals surface area contributed by atoms with Crippen molar-refractivity contribution in [2.75, 3.05) is 33.8 Å². The van der Waals surface area contributed by atoms with E-state index in [0.29, 0.717) is 18.4 Å². The van der Waals surface area contributed by atoms with Crippen molar-refractivity contribution in [1.82, 2.24) is 10.2 Å². The van der Waals surface area contributed by atoms with E-state index in [1.165, 1.54) is 19.1 Å². The first-order valence-electron chi connectivity index (χ1n) is 8.72. The molecular weight excluding hydrogens is 429 g/mol. The first kappa shape index (κ1) is 20.0. The van der Waals surface area contributed by atoms with Crippen LogP contribution >= 0.6 is 24.0 Å². The lowest BCUT2D eigenvalue weighted by molar-refractivity contribution is -0.145. The number of methoxy groups -OCH3 is 1. The van der Waals surface area contributed by atoms with E-state index >= 15 is 0 Å². The van der Waals surface area contributed by atoms with E-state index < -0.39 is 0 Å². The van der Waals surface area contributed by atoms with Gasteiger partial charge in [0.05, 0.1) is 13.0 Å². The second-order valence-electron chi connectivity index (χ2n) is 6.95. The minimum atomic E-state index is -0.119. The van der Waals surface area contributed by atoms with Gasteiger partial charge in [0.15, 0.2) is 5.96 Å². The van der Waals surface area contributed by atoms with Gasteiger partial charge in [-0.15, -0.1) is 24.0 Å². The van der Waals surface area contributed by atoms with E-state index in [0.717, 1.165) is 19.0 Å². The van der Waals surface area contributed by atoms with Gasteiger partial charge in [0, 0.05) is 26.7 Å². The Morgan fingerprint density at radius 2 is 2.04 bits per heavy atom. The number of hydrogen-bond acceptors (Lipinski definition) is 3. The standard InChI is InChI=1S/C19H27N3O2.HI/c1-13-11-22(12-17(13)18(23)24-3)19(20-2)21-10-15-9-16(15)14-7-5-4-6-8-14;/h4-8,13,15-17H,9-12H2,1-3H3,(H,20,21);1H. The third kappa shape index (κ3) is 4.65. The Morgan fingerprint density at radius 1 is 1.32 bits per heavy atom. The van der Waals surface area contributed by atoms with Gasteiger partial charge in [-0.1, -0.05) is 37.3 Å². The van der Waals surface area contributed by atoms with Crippen LogP contribution in [-0.2, 0) is 9.53 Å². The van der Waals surface area contributed by atoms with Crippen molar-refractivity contribution in [2.45, 2.75) is 19.3 Å². The lowest BCUT2D eigenvalue weighted by Crippen LogP contribution is -2.41. The summed E-state index contributed by atoms with van der Waals surface area (Å²) in [6.45, 7) is 4.55. The summed E-state index contributed by atoms with van der Waals surface area (Å²) in [4.78, 5) is 18.4. The number of rotatable bonds is 4. The maximum absolute atomic E-state index is 11.8. The average Bonchev–Trinajstić information content (AvgIpc) is 3.29. The Kier molecular flexibility index (Phi) is 7.10. The predicted molar refractivity (Wildman–Crippen MR) is 110 cm³/mol. The number of esters is 1. The van der Waals surface area contributed by atoms with Crippen LogP contribution in [0.4, 0.5) is 0 Å². The van der Waals surface area contributed by atoms with Gasteiger partial charge in [0.25, 0.3) is 0 Å². The van der Waals surface area contributed by atoms with E-state index in [1.54, 1.807) is 7.05 Å². The molecule has 2 fully saturated rings. The molecule has 1 aromatic rings. The van der Waals surface area contributed by atoms with E-state index in [4.69, 9.17) is 4.74 Å². The molecule has 1 aliphatic carbocycles. The Balaban J connectivity index is 0.00000225. The van der Waals surface area contributed by atoms with Crippen LogP contribution in [-0.4, -0.2) is 50.6 Å². The number of ether oxygens (including phenoxy) is 1. The predicted octanol–water partition coefficient (Wildman–Crippen LogP) is 2.72. The summed E-state index contributed by atoms with van der Waals surface area (Å²) in [5, 5.41) is 3.49. The summed E-state index contributed by atoms with van der Waals surface area (Å²) >= 11 is 0. The molecule has 1 aromatic carbocycles. The smallest absolute Gasteiger partial charge is 0.310 e. The Hall–Kier alpha value is -1.31. The average molecular weight is 457 g/mol. The zero-order valence-electron chi connectivity index (χ0n) is 15.1. The van der Waals surface area contributed by atoms with Gasteiger partial charge < -0.3 is 15.0 Å². The van der Waals surface area contributed by atoms with Crippen molar-refractivity contribution in [2.24, 2.45) is 22.7 Å². The Labute approximate surface area is 167 Å². The third-order valence-electron chi connectivity index (χ3n) is 5.30. The molecule has 3 rings (SSSR count). The monoisotopic (exact) mass is 457 g/mol. The van der Waals surface area contributed by atoms with Crippen LogP contribution in [0.1, 0.15) is 24.8 Å². The molecule has 138 valence electrons. The highest BCUT2D eigenvalue weighted by molar-refractivity contribution is 14.0. The molecule has 2 aliphatic rings. The molecule has 5 nitrogen and oxygen atoms in total. The summed E-state index contributed by atoms with van der Waals surface area (Å²) < 4.78 is 4.91. The Bertz CT molecular complexity index is 608. The molecule has 0 aromatic heterocycles. The van der Waals surface area contributed by atoms with Crippen molar-refractivity contribution in [3.8, 4) is 0 Å². The van der Waals surface area contributed by atoms with Crippen molar-refractivity contribution < 1.29 is 9.53 Å². The van der Waals surface area contributed by atoms with Crippen LogP contribution in [0.15, 0.2) is 35.3 Å². The molecule has 6 heteroatoms. The number of likely N-dealkylation sites (tertiary alicyclic amines) is 1. The van der Waals surface area contributed by atoms with Gasteiger partial charge in [-0.2, -0.15) is 0 Å². The molecule has 0 spiro atoms. The summed E-state index contributed by atoms with van der Waals surface area (Å²) in [6.07, 6.45) is 1.23. The molecule has 4 unspecified atom stereocenters. The normalized spacial score (nSPS) is 28.3. The second kappa shape index (κ2) is 8.87. The van der Waals surface area contributed by atoms with Gasteiger partial charge in [-0.3, -0.25) is 9.79 Å². The van der Waals surface area contributed by atoms with E-state index in [2.05, 4.69) is 52.5 Å². The number of aliphatic imine (C=N–C) groups is 1. The number of carbonyl (C=O) groups is 1. The zero-order valence-corrected chi connectivity index (χ0v) is 17.5. The summed E-state index contributed by atoms with van der Waals surface area (Å²) in [5.41, 5.74) is 1.43. The molecule has 1 heterocycles. The molecule has 4 atom stereocenters. The van der Waals surface area contributed by atoms with Gasteiger partial charge in [-0.05, 0) is 29.7 Å². The number of carbonyl (C=O) groups excluding carboxylic acids is 1. The number of hydrogen-bond donors (Lipinski definition) is 1. The SMILES string of the molecule is CN=C(NCC1CC1c1ccccc1)N1CC(C)C(C(=O)OC)C1.I. The minimum absolute atomic E-state index is 0. The zero-order chi connectivity index (χ0) is 17.1. The maximum atomic E-state index is 11.8. The fourth-order valence-corrected chi connectivity index (χ4v) is 3.73. The van der Waals surface area contributed by atoms with Crippen molar-refractivity contribution in [3.63, 3.8) is 0 Å². The molecule has 1 saturated heterocycles. The molecule has 0 amide bonds. The number of benzene rings is 1. The first-order valence-corrected chi connectivity index (χ1v) is 8.72. The van der Waals surface area contributed by atoms with E-state index in [9.17, 15) is 4.79 Å². The van der Waals surface area contributed by atoms with Crippen LogP contribution in [0.2, 0.25) is 0 Å². The van der Waals surface area contributed by atoms with Crippen LogP contribution in [0, 0.1) is 17.8 Å². The largest absolute Gasteiger partial charge is 0.469 e. The maximum Gasteiger partial charge on any atom is 0.310 e. The number of nitrogens with zero attached hydrogens (tertiary/aromatic N) is 2. The fraction of sp³-hybridized carbons (Fsp3) is 0.579. The number of guanidine groups is 1. The highest BCUT2D eigenvalue weighted by Crippen LogP contribution is 2.46. The highest BCUT2D eigenvalue weighted by atomic mass is 127. The summed E-state index contributed by atoms with van der Waals surface area (Å²) in [6, 6.07) is 10.7. The van der Waals surface area contributed by atoms with Crippen LogP contribution < -0.4 is 5.32 Å². The number of nitrogens with one attached hydrogen (secondary N) is 1. The third-order valence-corrected chi connectivity index (χ3v) is 5.30. The fourth-order valence-electron chi connectivity index (χ4n) is 3.73. The molecule has 1 saturated carbocycles. The summed E-state index contributed by atoms with van der Waals surface area (Å²) in [5.74, 6) is 2.33. The van der Waals surface area contributed by atoms with Gasteiger partial charge in [0.1, 0.15) is 0 Å². The molecular formula is C19H28IN3O2. The molecule has 0 radical (unpaired) electrons. The van der Waals surface area contributed by atoms with Crippen molar-refractivity contribution in [1.29, 1.82) is 0 Å². The van der Waals surface area contributed by atoms with Crippen molar-refractivity contribution in [3.05, 3.63) is 35.9 Å². The van der Waals surface area contributed by atoms with Crippen LogP contribution in [0.5, 0.6) is 0 Å². The topological polar surface area (TPSA) is 53.9 Å². The second-order valence-corrected chi connectivity index (χ2v) is 6.95. The lowest BCUT2D eigenvalue weighted by Gasteiger charge is -2.21. The molecule has 1 N–H and O–H groups in total. The van der Waals surface area contributed by atoms with E-state index in [-0.39, 0.29) is 41.8 Å². The summed E-state index contributed by atoms with van der Waals surface area (Å²) in [7, 11) is 3.27. The lowest BCUT2D eigenvalue weighted by atomic mass is 9.99. The van der Waals surface area contributed by atoms with Crippen molar-refractivity contribution >= 4 is 35.9 Å². The van der Waals surface area contributed by atoms with Crippen LogP contribution in [0.25, 0.3) is 0 Å².